The number of nitrogens with two attached hydrogens (primary N) is 1. The lowest BCUT2D eigenvalue weighted by Gasteiger charge is -1.97. The third-order valence-corrected chi connectivity index (χ3v) is 2.90. The van der Waals surface area contributed by atoms with Crippen molar-refractivity contribution >= 4 is 11.5 Å². The molecule has 0 aliphatic rings. The average Bonchev–Trinajstić information content (AvgIpc) is 2.66. The summed E-state index contributed by atoms with van der Waals surface area (Å²) in [5.74, 6) is 0.734. The van der Waals surface area contributed by atoms with Crippen LogP contribution in [0.5, 0.6) is 0 Å². The second-order valence-electron chi connectivity index (χ2n) is 3.43. The van der Waals surface area contributed by atoms with Crippen molar-refractivity contribution in [2.24, 2.45) is 5.73 Å². The molecule has 2 aromatic rings. The van der Waals surface area contributed by atoms with Crippen LogP contribution < -0.4 is 5.73 Å². The molecule has 0 aromatic carbocycles. The maximum absolute atomic E-state index is 5.73. The van der Waals surface area contributed by atoms with Crippen LogP contribution >= 0.6 is 11.5 Å². The molecule has 5 heteroatoms. The molecule has 2 heterocycles. The minimum Gasteiger partial charge on any atom is -0.322 e. The fourth-order valence-electron chi connectivity index (χ4n) is 1.22. The van der Waals surface area contributed by atoms with Crippen LogP contribution in [0.4, 0.5) is 0 Å². The Balaban J connectivity index is 2.37. The number of pyridine rings is 1. The molecule has 15 heavy (non-hydrogen) atoms. The van der Waals surface area contributed by atoms with Gasteiger partial charge in [0.05, 0.1) is 6.04 Å². The van der Waals surface area contributed by atoms with Crippen molar-refractivity contribution in [3.8, 4) is 11.4 Å². The van der Waals surface area contributed by atoms with Crippen molar-refractivity contribution in [1.82, 2.24) is 14.3 Å². The molecule has 0 spiro atoms. The molecule has 0 aliphatic carbocycles. The van der Waals surface area contributed by atoms with Gasteiger partial charge in [0, 0.05) is 17.5 Å². The maximum Gasteiger partial charge on any atom is 0.173 e. The zero-order chi connectivity index (χ0) is 10.8. The van der Waals surface area contributed by atoms with Crippen molar-refractivity contribution < 1.29 is 0 Å². The molecule has 2 aromatic heterocycles. The van der Waals surface area contributed by atoms with Crippen LogP contribution in [0.3, 0.4) is 0 Å². The van der Waals surface area contributed by atoms with E-state index in [1.165, 1.54) is 11.5 Å². The van der Waals surface area contributed by atoms with Crippen molar-refractivity contribution in [2.45, 2.75) is 19.9 Å². The molecule has 0 unspecified atom stereocenters. The van der Waals surface area contributed by atoms with Gasteiger partial charge in [-0.05, 0) is 37.5 Å². The molecule has 0 saturated heterocycles. The van der Waals surface area contributed by atoms with E-state index in [2.05, 4.69) is 14.3 Å². The fraction of sp³-hybridized carbons (Fsp3) is 0.300. The molecular weight excluding hydrogens is 208 g/mol. The lowest BCUT2D eigenvalue weighted by Crippen LogP contribution is -2.03. The van der Waals surface area contributed by atoms with Gasteiger partial charge < -0.3 is 5.73 Å². The fourth-order valence-corrected chi connectivity index (χ4v) is 1.84. The molecule has 0 saturated carbocycles. The smallest absolute Gasteiger partial charge is 0.173 e. The first-order valence-corrected chi connectivity index (χ1v) is 5.46. The van der Waals surface area contributed by atoms with Crippen molar-refractivity contribution in [3.63, 3.8) is 0 Å². The summed E-state index contributed by atoms with van der Waals surface area (Å²) in [6.45, 7) is 3.85. The van der Waals surface area contributed by atoms with E-state index in [1.54, 1.807) is 6.20 Å². The largest absolute Gasteiger partial charge is 0.322 e. The molecule has 2 N–H and O–H groups in total. The minimum atomic E-state index is -0.0563. The van der Waals surface area contributed by atoms with Crippen LogP contribution in [0.15, 0.2) is 18.3 Å². The van der Waals surface area contributed by atoms with E-state index in [0.29, 0.717) is 0 Å². The van der Waals surface area contributed by atoms with Gasteiger partial charge in [0.2, 0.25) is 0 Å². The van der Waals surface area contributed by atoms with Crippen molar-refractivity contribution in [3.05, 3.63) is 29.0 Å². The first-order chi connectivity index (χ1) is 7.16. The predicted molar refractivity (Wildman–Crippen MR) is 60.5 cm³/mol. The monoisotopic (exact) mass is 220 g/mol. The first kappa shape index (κ1) is 10.2. The standard InChI is InChI=1S/C10H12N4S/c1-6-5-8(3-4-12-6)9-13-10(7(2)11)15-14-9/h3-5,7H,11H2,1-2H3/t7-/m0/s1. The highest BCUT2D eigenvalue weighted by atomic mass is 32.1. The SMILES string of the molecule is Cc1cc(-c2nsc([C@H](C)N)n2)ccn1. The van der Waals surface area contributed by atoms with Gasteiger partial charge in [-0.15, -0.1) is 0 Å². The lowest BCUT2D eigenvalue weighted by atomic mass is 10.2. The second kappa shape index (κ2) is 4.04. The van der Waals surface area contributed by atoms with Crippen molar-refractivity contribution in [1.29, 1.82) is 0 Å². The second-order valence-corrected chi connectivity index (χ2v) is 4.21. The van der Waals surface area contributed by atoms with Gasteiger partial charge in [-0.25, -0.2) is 4.98 Å². The molecule has 0 fully saturated rings. The molecular formula is C10H12N4S. The molecule has 0 radical (unpaired) electrons. The van der Waals surface area contributed by atoms with E-state index in [4.69, 9.17) is 5.73 Å². The van der Waals surface area contributed by atoms with Gasteiger partial charge in [-0.1, -0.05) is 0 Å². The van der Waals surface area contributed by atoms with E-state index in [1.807, 2.05) is 26.0 Å². The molecule has 78 valence electrons. The van der Waals surface area contributed by atoms with Crippen LogP contribution in [0.25, 0.3) is 11.4 Å². The van der Waals surface area contributed by atoms with E-state index < -0.39 is 0 Å². The number of hydrogen-bond donors (Lipinski definition) is 1. The van der Waals surface area contributed by atoms with E-state index in [-0.39, 0.29) is 6.04 Å². The minimum absolute atomic E-state index is 0.0563. The summed E-state index contributed by atoms with van der Waals surface area (Å²) in [5.41, 5.74) is 7.68. The summed E-state index contributed by atoms with van der Waals surface area (Å²) < 4.78 is 4.27. The Morgan fingerprint density at radius 2 is 2.27 bits per heavy atom. The van der Waals surface area contributed by atoms with E-state index >= 15 is 0 Å². The van der Waals surface area contributed by atoms with E-state index in [0.717, 1.165) is 22.1 Å². The van der Waals surface area contributed by atoms with Crippen LogP contribution in [0.1, 0.15) is 23.7 Å². The highest BCUT2D eigenvalue weighted by molar-refractivity contribution is 7.05. The Morgan fingerprint density at radius 3 is 2.87 bits per heavy atom. The van der Waals surface area contributed by atoms with E-state index in [9.17, 15) is 0 Å². The van der Waals surface area contributed by atoms with Crippen LogP contribution in [0.2, 0.25) is 0 Å². The first-order valence-electron chi connectivity index (χ1n) is 4.69. The van der Waals surface area contributed by atoms with Gasteiger partial charge in [0.25, 0.3) is 0 Å². The highest BCUT2D eigenvalue weighted by Gasteiger charge is 2.09. The summed E-state index contributed by atoms with van der Waals surface area (Å²) in [6, 6.07) is 3.81. The zero-order valence-corrected chi connectivity index (χ0v) is 9.45. The summed E-state index contributed by atoms with van der Waals surface area (Å²) in [6.07, 6.45) is 1.76. The summed E-state index contributed by atoms with van der Waals surface area (Å²) in [4.78, 5) is 8.51. The average molecular weight is 220 g/mol. The maximum atomic E-state index is 5.73. The third-order valence-electron chi connectivity index (χ3n) is 1.99. The van der Waals surface area contributed by atoms with Gasteiger partial charge in [-0.3, -0.25) is 4.98 Å². The number of nitrogens with zero attached hydrogens (tertiary/aromatic N) is 3. The zero-order valence-electron chi connectivity index (χ0n) is 8.64. The Morgan fingerprint density at radius 1 is 1.47 bits per heavy atom. The van der Waals surface area contributed by atoms with Crippen LogP contribution in [-0.4, -0.2) is 14.3 Å². The Hall–Kier alpha value is -1.33. The highest BCUT2D eigenvalue weighted by Crippen LogP contribution is 2.20. The quantitative estimate of drug-likeness (QED) is 0.839. The van der Waals surface area contributed by atoms with Crippen LogP contribution in [0, 0.1) is 6.92 Å². The Kier molecular flexibility index (Phi) is 2.75. The van der Waals surface area contributed by atoms with Gasteiger partial charge in [0.1, 0.15) is 5.01 Å². The molecule has 0 aliphatic heterocycles. The molecule has 0 amide bonds. The van der Waals surface area contributed by atoms with Crippen LogP contribution in [-0.2, 0) is 0 Å². The number of rotatable bonds is 2. The lowest BCUT2D eigenvalue weighted by molar-refractivity contribution is 0.807. The van der Waals surface area contributed by atoms with Gasteiger partial charge in [-0.2, -0.15) is 4.37 Å². The van der Waals surface area contributed by atoms with Gasteiger partial charge in [0.15, 0.2) is 5.82 Å². The molecule has 0 bridgehead atoms. The normalized spacial score (nSPS) is 12.7. The number of hydrogen-bond acceptors (Lipinski definition) is 5. The summed E-state index contributed by atoms with van der Waals surface area (Å²) >= 11 is 1.35. The molecule has 4 nitrogen and oxygen atoms in total. The number of aryl methyl sites for hydroxylation is 1. The Labute approximate surface area is 92.4 Å². The Bertz CT molecular complexity index is 464. The molecule has 2 rings (SSSR count). The van der Waals surface area contributed by atoms with Crippen molar-refractivity contribution in [2.75, 3.05) is 0 Å². The topological polar surface area (TPSA) is 64.7 Å². The van der Waals surface area contributed by atoms with Gasteiger partial charge >= 0.3 is 0 Å². The summed E-state index contributed by atoms with van der Waals surface area (Å²) in [7, 11) is 0. The number of aromatic nitrogens is 3. The molecule has 1 atom stereocenters. The summed E-state index contributed by atoms with van der Waals surface area (Å²) in [5, 5.41) is 0.861. The predicted octanol–water partition coefficient (Wildman–Crippen LogP) is 1.93. The third kappa shape index (κ3) is 2.19.